The molecule has 3 atom stereocenters. The van der Waals surface area contributed by atoms with E-state index in [0.29, 0.717) is 0 Å². The Morgan fingerprint density at radius 3 is 3.00 bits per heavy atom. The van der Waals surface area contributed by atoms with Crippen LogP contribution < -0.4 is 16.2 Å². The van der Waals surface area contributed by atoms with Crippen LogP contribution >= 0.6 is 0 Å². The molecule has 0 aromatic heterocycles. The monoisotopic (exact) mass is 187 g/mol. The highest BCUT2D eigenvalue weighted by atomic mass is 14.6. The summed E-state index contributed by atoms with van der Waals surface area (Å²) in [6, 6.07) is 8.83. The summed E-state index contributed by atoms with van der Waals surface area (Å²) in [6.07, 6.45) is 3.72. The van der Waals surface area contributed by atoms with E-state index in [-0.39, 0.29) is 7.47 Å². The first-order valence-corrected chi connectivity index (χ1v) is 5.34. The molecule has 2 unspecified atom stereocenters. The quantitative estimate of drug-likeness (QED) is 0.693. The van der Waals surface area contributed by atoms with Gasteiger partial charge in [-0.1, -0.05) is 30.3 Å². The van der Waals surface area contributed by atoms with E-state index in [4.69, 9.17) is 5.73 Å². The van der Waals surface area contributed by atoms with Gasteiger partial charge >= 0.3 is 0 Å². The Bertz CT molecular complexity index is 490. The molecule has 2 aliphatic carbocycles. The molecule has 1 aromatic rings. The minimum atomic E-state index is 0. The maximum atomic E-state index is 6.05. The van der Waals surface area contributed by atoms with Crippen LogP contribution in [0.4, 0.5) is 0 Å². The Hall–Kier alpha value is -1.08. The van der Waals surface area contributed by atoms with E-state index in [1.54, 1.807) is 0 Å². The summed E-state index contributed by atoms with van der Waals surface area (Å²) in [4.78, 5) is 0. The maximum Gasteiger partial charge on any atom is 0.0237 e. The fraction of sp³-hybridized carbons (Fsp3) is 0.385. The third-order valence-electron chi connectivity index (χ3n) is 3.40. The summed E-state index contributed by atoms with van der Waals surface area (Å²) >= 11 is 0. The average Bonchev–Trinajstić information content (AvgIpc) is 2.91. The van der Waals surface area contributed by atoms with Crippen molar-refractivity contribution in [1.29, 1.82) is 0 Å². The minimum absolute atomic E-state index is 0. The van der Waals surface area contributed by atoms with Crippen LogP contribution in [0.1, 0.15) is 14.8 Å². The predicted octanol–water partition coefficient (Wildman–Crippen LogP) is 0.861. The van der Waals surface area contributed by atoms with E-state index >= 15 is 0 Å². The third-order valence-corrected chi connectivity index (χ3v) is 3.40. The van der Waals surface area contributed by atoms with E-state index in [9.17, 15) is 0 Å². The van der Waals surface area contributed by atoms with E-state index < -0.39 is 0 Å². The van der Waals surface area contributed by atoms with Crippen molar-refractivity contribution in [1.82, 2.24) is 0 Å². The Labute approximate surface area is 85.4 Å². The molecule has 74 valence electrons. The van der Waals surface area contributed by atoms with Gasteiger partial charge in [0.25, 0.3) is 0 Å². The smallest absolute Gasteiger partial charge is 0.0237 e. The van der Waals surface area contributed by atoms with Gasteiger partial charge in [-0.15, -0.1) is 0 Å². The van der Waals surface area contributed by atoms with Crippen molar-refractivity contribution in [2.24, 2.45) is 17.6 Å². The Balaban J connectivity index is 0.000000853. The van der Waals surface area contributed by atoms with Crippen LogP contribution in [0.3, 0.4) is 0 Å². The number of hydrogen-bond donors (Lipinski definition) is 1. The maximum absolute atomic E-state index is 6.05. The van der Waals surface area contributed by atoms with Crippen LogP contribution in [0.25, 0.3) is 11.6 Å². The minimum Gasteiger partial charge on any atom is -0.324 e. The van der Waals surface area contributed by atoms with Crippen LogP contribution in [0.15, 0.2) is 24.3 Å². The molecule has 1 saturated carbocycles. The molecule has 1 heteroatoms. The first kappa shape index (κ1) is 8.25. The molecule has 14 heavy (non-hydrogen) atoms. The molecule has 1 nitrogen and oxygen atoms in total. The molecule has 0 spiro atoms. The van der Waals surface area contributed by atoms with Gasteiger partial charge in [-0.2, -0.15) is 0 Å². The first-order chi connectivity index (χ1) is 6.77. The van der Waals surface area contributed by atoms with Gasteiger partial charge in [0.15, 0.2) is 0 Å². The van der Waals surface area contributed by atoms with Crippen LogP contribution in [-0.4, -0.2) is 6.04 Å². The second-order valence-corrected chi connectivity index (χ2v) is 4.50. The van der Waals surface area contributed by atoms with Crippen LogP contribution in [0.2, 0.25) is 0 Å². The molecule has 0 radical (unpaired) electrons. The lowest BCUT2D eigenvalue weighted by Crippen LogP contribution is -2.36. The molecule has 0 bridgehead atoms. The Kier molecular flexibility index (Phi) is 1.59. The predicted molar refractivity (Wildman–Crippen MR) is 60.9 cm³/mol. The van der Waals surface area contributed by atoms with Gasteiger partial charge in [0, 0.05) is 7.47 Å². The summed E-state index contributed by atoms with van der Waals surface area (Å²) in [7, 11) is 0. The molecule has 0 amide bonds. The standard InChI is InChI=1S/C13H15N.H2/c1-8(14)13-11-5-3-2-4-9(11)6-10-7-12(10)13;/h2-6,8,10,12H,7,14H2,1H3;1H/t8-,10?,12?;/m1./s1. The molecule has 2 N–H and O–H groups in total. The normalized spacial score (nSPS) is 30.0. The first-order valence-electron chi connectivity index (χ1n) is 5.34. The molecule has 0 aliphatic heterocycles. The van der Waals surface area contributed by atoms with Crippen molar-refractivity contribution in [3.63, 3.8) is 0 Å². The second-order valence-electron chi connectivity index (χ2n) is 4.50. The van der Waals surface area contributed by atoms with Crippen LogP contribution in [0, 0.1) is 11.8 Å². The zero-order valence-corrected chi connectivity index (χ0v) is 8.40. The molecule has 2 aliphatic rings. The highest BCUT2D eigenvalue weighted by molar-refractivity contribution is 5.63. The third kappa shape index (κ3) is 1.05. The van der Waals surface area contributed by atoms with Crippen molar-refractivity contribution in [3.05, 3.63) is 34.7 Å². The molecule has 3 rings (SSSR count). The fourth-order valence-electron chi connectivity index (χ4n) is 2.68. The Morgan fingerprint density at radius 2 is 2.21 bits per heavy atom. The number of rotatable bonds is 1. The molecule has 0 saturated heterocycles. The van der Waals surface area contributed by atoms with E-state index in [0.717, 1.165) is 11.8 Å². The number of benzene rings is 1. The van der Waals surface area contributed by atoms with Crippen molar-refractivity contribution in [2.45, 2.75) is 19.4 Å². The Morgan fingerprint density at radius 1 is 1.43 bits per heavy atom. The number of nitrogens with two attached hydrogens (primary N) is 1. The molecular formula is C13H17N. The lowest BCUT2D eigenvalue weighted by molar-refractivity contribution is 0.848. The summed E-state index contributed by atoms with van der Waals surface area (Å²) in [6.45, 7) is 2.10. The van der Waals surface area contributed by atoms with Gasteiger partial charge in [-0.25, -0.2) is 0 Å². The lowest BCUT2D eigenvalue weighted by Gasteiger charge is -2.14. The van der Waals surface area contributed by atoms with Gasteiger partial charge in [-0.3, -0.25) is 0 Å². The van der Waals surface area contributed by atoms with Gasteiger partial charge in [-0.05, 0) is 41.2 Å². The summed E-state index contributed by atoms with van der Waals surface area (Å²) in [5, 5.41) is 2.78. The van der Waals surface area contributed by atoms with Gasteiger partial charge in [0.2, 0.25) is 0 Å². The molecule has 0 heterocycles. The van der Waals surface area contributed by atoms with E-state index in [2.05, 4.69) is 37.3 Å². The van der Waals surface area contributed by atoms with Crippen molar-refractivity contribution >= 4 is 11.6 Å². The van der Waals surface area contributed by atoms with Crippen molar-refractivity contribution in [2.75, 3.05) is 0 Å². The van der Waals surface area contributed by atoms with Crippen molar-refractivity contribution < 1.29 is 1.43 Å². The molecule has 1 aromatic carbocycles. The summed E-state index contributed by atoms with van der Waals surface area (Å²) in [5.41, 5.74) is 7.53. The largest absolute Gasteiger partial charge is 0.324 e. The highest BCUT2D eigenvalue weighted by Gasteiger charge is 2.40. The highest BCUT2D eigenvalue weighted by Crippen LogP contribution is 2.47. The van der Waals surface area contributed by atoms with Gasteiger partial charge in [0.05, 0.1) is 0 Å². The average molecular weight is 187 g/mol. The van der Waals surface area contributed by atoms with E-state index in [1.165, 1.54) is 22.4 Å². The number of hydrogen-bond acceptors (Lipinski definition) is 1. The van der Waals surface area contributed by atoms with E-state index in [1.807, 2.05) is 0 Å². The van der Waals surface area contributed by atoms with Gasteiger partial charge < -0.3 is 5.73 Å². The lowest BCUT2D eigenvalue weighted by atomic mass is 9.95. The molecular weight excluding hydrogens is 170 g/mol. The molecule has 1 fully saturated rings. The summed E-state index contributed by atoms with van der Waals surface area (Å²) in [5.74, 6) is 1.54. The fourth-order valence-corrected chi connectivity index (χ4v) is 2.68. The SMILES string of the molecule is C[C@@H](N)C1=c2ccccc2=CC2CC12.[HH]. The van der Waals surface area contributed by atoms with Gasteiger partial charge in [0.1, 0.15) is 0 Å². The number of fused-ring (bicyclic) bond motifs is 2. The second kappa shape index (κ2) is 2.71. The van der Waals surface area contributed by atoms with Crippen LogP contribution in [0.5, 0.6) is 0 Å². The van der Waals surface area contributed by atoms with Crippen LogP contribution in [-0.2, 0) is 0 Å². The van der Waals surface area contributed by atoms with Crippen molar-refractivity contribution in [3.8, 4) is 0 Å². The zero-order chi connectivity index (χ0) is 9.71. The zero-order valence-electron chi connectivity index (χ0n) is 8.40. The summed E-state index contributed by atoms with van der Waals surface area (Å²) < 4.78 is 0. The topological polar surface area (TPSA) is 26.0 Å².